The van der Waals surface area contributed by atoms with Gasteiger partial charge in [-0.3, -0.25) is 0 Å². The maximum atomic E-state index is 6.44. The van der Waals surface area contributed by atoms with E-state index in [1.807, 2.05) is 12.1 Å². The van der Waals surface area contributed by atoms with Crippen molar-refractivity contribution in [2.24, 2.45) is 0 Å². The highest BCUT2D eigenvalue weighted by Crippen LogP contribution is 2.37. The Morgan fingerprint density at radius 2 is 1.37 bits per heavy atom. The molecule has 0 N–H and O–H groups in total. The summed E-state index contributed by atoms with van der Waals surface area (Å²) in [7, 11) is 0. The molecule has 0 saturated carbocycles. The molecule has 5 rings (SSSR count). The third-order valence-electron chi connectivity index (χ3n) is 4.93. The van der Waals surface area contributed by atoms with E-state index in [2.05, 4.69) is 99.4 Å². The number of nitrogens with zero attached hydrogens (tertiary/aromatic N) is 1. The lowest BCUT2D eigenvalue weighted by atomic mass is 10.1. The van der Waals surface area contributed by atoms with Gasteiger partial charge in [-0.2, -0.15) is 0 Å². The molecule has 0 radical (unpaired) electrons. The molecule has 0 atom stereocenters. The van der Waals surface area contributed by atoms with E-state index < -0.39 is 0 Å². The van der Waals surface area contributed by atoms with Gasteiger partial charge in [0.1, 0.15) is 0 Å². The van der Waals surface area contributed by atoms with Gasteiger partial charge in [-0.25, -0.2) is 0 Å². The van der Waals surface area contributed by atoms with E-state index in [9.17, 15) is 0 Å². The van der Waals surface area contributed by atoms with E-state index in [0.717, 1.165) is 15.7 Å². The van der Waals surface area contributed by atoms with Gasteiger partial charge in [0.15, 0.2) is 0 Å². The molecule has 1 nitrogen and oxygen atoms in total. The fourth-order valence-electron chi connectivity index (χ4n) is 3.70. The molecule has 0 saturated heterocycles. The number of halogens is 2. The lowest BCUT2D eigenvalue weighted by Gasteiger charge is -2.10. The van der Waals surface area contributed by atoms with Gasteiger partial charge in [0.25, 0.3) is 0 Å². The Morgan fingerprint density at radius 1 is 0.630 bits per heavy atom. The molecule has 0 spiro atoms. The van der Waals surface area contributed by atoms with Crippen molar-refractivity contribution in [3.63, 3.8) is 0 Å². The van der Waals surface area contributed by atoms with Crippen LogP contribution in [0.4, 0.5) is 0 Å². The number of benzene rings is 4. The van der Waals surface area contributed by atoms with Crippen molar-refractivity contribution in [1.82, 2.24) is 4.57 Å². The molecule has 0 aliphatic heterocycles. The number of para-hydroxylation sites is 1. The van der Waals surface area contributed by atoms with Crippen molar-refractivity contribution in [1.29, 1.82) is 0 Å². The van der Waals surface area contributed by atoms with Gasteiger partial charge in [-0.15, -0.1) is 0 Å². The number of hydrogen-bond donors (Lipinski definition) is 0. The predicted octanol–water partition coefficient (Wildman–Crippen LogP) is 7.87. The van der Waals surface area contributed by atoms with Gasteiger partial charge in [-0.1, -0.05) is 72.3 Å². The Hall–Kier alpha value is -2.55. The molecular weight excluding hydrogens is 418 g/mol. The Balaban J connectivity index is 1.84. The molecule has 0 bridgehead atoms. The van der Waals surface area contributed by atoms with Crippen LogP contribution in [0.2, 0.25) is 5.02 Å². The summed E-state index contributed by atoms with van der Waals surface area (Å²) in [6.07, 6.45) is 0. The minimum absolute atomic E-state index is 0.714. The first-order valence-corrected chi connectivity index (χ1v) is 9.93. The smallest absolute Gasteiger partial charge is 0.0569 e. The summed E-state index contributed by atoms with van der Waals surface area (Å²) in [6, 6.07) is 31.7. The number of fused-ring (bicyclic) bond motifs is 3. The molecule has 130 valence electrons. The average molecular weight is 433 g/mol. The Kier molecular flexibility index (Phi) is 4.04. The molecule has 0 fully saturated rings. The molecule has 3 heteroatoms. The van der Waals surface area contributed by atoms with Crippen LogP contribution in [0.25, 0.3) is 38.6 Å². The summed E-state index contributed by atoms with van der Waals surface area (Å²) in [6.45, 7) is 0. The molecular formula is C24H15BrClN. The van der Waals surface area contributed by atoms with Crippen molar-refractivity contribution < 1.29 is 0 Å². The minimum atomic E-state index is 0.714. The van der Waals surface area contributed by atoms with Crippen molar-refractivity contribution in [3.05, 3.63) is 100 Å². The van der Waals surface area contributed by atoms with Crippen molar-refractivity contribution >= 4 is 49.3 Å². The summed E-state index contributed by atoms with van der Waals surface area (Å²) >= 11 is 10.0. The largest absolute Gasteiger partial charge is 0.309 e. The molecule has 0 unspecified atom stereocenters. The van der Waals surface area contributed by atoms with Crippen LogP contribution in [0.15, 0.2) is 95.5 Å². The van der Waals surface area contributed by atoms with Crippen molar-refractivity contribution in [2.75, 3.05) is 0 Å². The second-order valence-corrected chi connectivity index (χ2v) is 7.81. The topological polar surface area (TPSA) is 4.93 Å². The molecule has 4 aromatic carbocycles. The standard InChI is InChI=1S/C24H15BrClN/c25-21-14-20-19-11-4-5-12-23(19)27(24(20)15-22(21)26)18-10-6-9-17(13-18)16-7-2-1-3-8-16/h1-15H. The van der Waals surface area contributed by atoms with Gasteiger partial charge in [0.2, 0.25) is 0 Å². The first kappa shape index (κ1) is 16.6. The van der Waals surface area contributed by atoms with Crippen LogP contribution in [0.3, 0.4) is 0 Å². The summed E-state index contributed by atoms with van der Waals surface area (Å²) in [5.41, 5.74) is 5.81. The number of rotatable bonds is 2. The third-order valence-corrected chi connectivity index (χ3v) is 6.12. The molecule has 27 heavy (non-hydrogen) atoms. The van der Waals surface area contributed by atoms with Crippen LogP contribution in [0.5, 0.6) is 0 Å². The van der Waals surface area contributed by atoms with Gasteiger partial charge in [0.05, 0.1) is 16.1 Å². The zero-order chi connectivity index (χ0) is 18.4. The van der Waals surface area contributed by atoms with E-state index in [0.29, 0.717) is 5.02 Å². The van der Waals surface area contributed by atoms with E-state index in [-0.39, 0.29) is 0 Å². The summed E-state index contributed by atoms with van der Waals surface area (Å²) < 4.78 is 3.20. The number of aromatic nitrogens is 1. The van der Waals surface area contributed by atoms with E-state index in [4.69, 9.17) is 11.6 Å². The van der Waals surface area contributed by atoms with Crippen molar-refractivity contribution in [2.45, 2.75) is 0 Å². The van der Waals surface area contributed by atoms with E-state index in [1.165, 1.54) is 27.4 Å². The summed E-state index contributed by atoms with van der Waals surface area (Å²) in [5.74, 6) is 0. The van der Waals surface area contributed by atoms with Gasteiger partial charge < -0.3 is 4.57 Å². The lowest BCUT2D eigenvalue weighted by Crippen LogP contribution is -1.94. The average Bonchev–Trinajstić information content (AvgIpc) is 3.02. The predicted molar refractivity (Wildman–Crippen MR) is 119 cm³/mol. The Bertz CT molecular complexity index is 1290. The van der Waals surface area contributed by atoms with Gasteiger partial charge >= 0.3 is 0 Å². The quantitative estimate of drug-likeness (QED) is 0.267. The molecule has 0 amide bonds. The molecule has 1 aromatic heterocycles. The lowest BCUT2D eigenvalue weighted by molar-refractivity contribution is 1.18. The summed E-state index contributed by atoms with van der Waals surface area (Å²) in [4.78, 5) is 0. The Labute approximate surface area is 170 Å². The zero-order valence-corrected chi connectivity index (χ0v) is 16.7. The van der Waals surface area contributed by atoms with Gasteiger partial charge in [-0.05, 0) is 57.4 Å². The van der Waals surface area contributed by atoms with Gasteiger partial charge in [0, 0.05) is 20.9 Å². The fourth-order valence-corrected chi connectivity index (χ4v) is 4.20. The molecule has 0 aliphatic carbocycles. The summed E-state index contributed by atoms with van der Waals surface area (Å²) in [5, 5.41) is 3.12. The highest BCUT2D eigenvalue weighted by Gasteiger charge is 2.14. The number of hydrogen-bond acceptors (Lipinski definition) is 0. The maximum absolute atomic E-state index is 6.44. The van der Waals surface area contributed by atoms with Crippen molar-refractivity contribution in [3.8, 4) is 16.8 Å². The SMILES string of the molecule is Clc1cc2c(cc1Br)c1ccccc1n2-c1cccc(-c2ccccc2)c1. The monoisotopic (exact) mass is 431 g/mol. The molecule has 5 aromatic rings. The first-order valence-electron chi connectivity index (χ1n) is 8.76. The van der Waals surface area contributed by atoms with Crippen LogP contribution < -0.4 is 0 Å². The normalized spacial score (nSPS) is 11.3. The zero-order valence-electron chi connectivity index (χ0n) is 14.4. The fraction of sp³-hybridized carbons (Fsp3) is 0. The second kappa shape index (κ2) is 6.56. The third kappa shape index (κ3) is 2.77. The minimum Gasteiger partial charge on any atom is -0.309 e. The van der Waals surface area contributed by atoms with Crippen LogP contribution in [-0.4, -0.2) is 4.57 Å². The highest BCUT2D eigenvalue weighted by atomic mass is 79.9. The van der Waals surface area contributed by atoms with Crippen LogP contribution in [0.1, 0.15) is 0 Å². The first-order chi connectivity index (χ1) is 13.2. The van der Waals surface area contributed by atoms with Crippen LogP contribution >= 0.6 is 27.5 Å². The van der Waals surface area contributed by atoms with E-state index >= 15 is 0 Å². The Morgan fingerprint density at radius 3 is 2.22 bits per heavy atom. The van der Waals surface area contributed by atoms with Crippen LogP contribution in [-0.2, 0) is 0 Å². The molecule has 1 heterocycles. The van der Waals surface area contributed by atoms with E-state index in [1.54, 1.807) is 0 Å². The highest BCUT2D eigenvalue weighted by molar-refractivity contribution is 9.10. The van der Waals surface area contributed by atoms with Crippen LogP contribution in [0, 0.1) is 0 Å². The second-order valence-electron chi connectivity index (χ2n) is 6.55. The maximum Gasteiger partial charge on any atom is 0.0569 e. The molecule has 0 aliphatic rings.